The number of fused-ring (bicyclic) bond motifs is 2. The van der Waals surface area contributed by atoms with Crippen LogP contribution in [0.25, 0.3) is 16.7 Å². The molecule has 3 heterocycles. The summed E-state index contributed by atoms with van der Waals surface area (Å²) >= 11 is 0. The Morgan fingerprint density at radius 1 is 1.13 bits per heavy atom. The number of nitrogens with one attached hydrogen (secondary N) is 1. The number of anilines is 1. The third-order valence-corrected chi connectivity index (χ3v) is 6.00. The van der Waals surface area contributed by atoms with Crippen LogP contribution in [0.2, 0.25) is 0 Å². The van der Waals surface area contributed by atoms with Gasteiger partial charge in [-0.15, -0.1) is 0 Å². The minimum absolute atomic E-state index is 0.389. The Hall–Kier alpha value is -2.85. The van der Waals surface area contributed by atoms with Gasteiger partial charge in [0, 0.05) is 6.54 Å². The monoisotopic (exact) mass is 423 g/mol. The van der Waals surface area contributed by atoms with Crippen LogP contribution < -0.4 is 5.32 Å². The first-order valence-corrected chi connectivity index (χ1v) is 10.5. The summed E-state index contributed by atoms with van der Waals surface area (Å²) in [5.41, 5.74) is 4.86. The number of hydrogen-bond acceptors (Lipinski definition) is 8. The third-order valence-electron chi connectivity index (χ3n) is 6.00. The first kappa shape index (κ1) is 20.1. The summed E-state index contributed by atoms with van der Waals surface area (Å²) in [5.74, 6) is 0.582. The minimum atomic E-state index is -1.20. The molecule has 1 aliphatic carbocycles. The number of imidazole rings is 1. The molecule has 4 atom stereocenters. The third kappa shape index (κ3) is 3.59. The molecule has 2 aliphatic rings. The quantitative estimate of drug-likeness (QED) is 0.483. The van der Waals surface area contributed by atoms with Gasteiger partial charge in [0.1, 0.15) is 24.6 Å². The molecule has 1 saturated heterocycles. The van der Waals surface area contributed by atoms with Crippen LogP contribution in [0.15, 0.2) is 43.0 Å². The smallest absolute Gasteiger partial charge is 0.167 e. The van der Waals surface area contributed by atoms with Gasteiger partial charge in [0.15, 0.2) is 23.2 Å². The number of benzene rings is 1. The highest BCUT2D eigenvalue weighted by atomic mass is 16.6. The van der Waals surface area contributed by atoms with E-state index in [2.05, 4.69) is 50.6 Å². The van der Waals surface area contributed by atoms with E-state index in [4.69, 9.17) is 4.74 Å². The average Bonchev–Trinajstić information content (AvgIpc) is 3.27. The van der Waals surface area contributed by atoms with Crippen LogP contribution in [0.4, 0.5) is 5.82 Å². The van der Waals surface area contributed by atoms with E-state index in [9.17, 15) is 15.3 Å². The Morgan fingerprint density at radius 2 is 2.00 bits per heavy atom. The van der Waals surface area contributed by atoms with E-state index in [0.717, 1.165) is 19.3 Å². The van der Waals surface area contributed by atoms with Crippen molar-refractivity contribution in [3.05, 3.63) is 54.1 Å². The van der Waals surface area contributed by atoms with E-state index < -0.39 is 24.5 Å². The molecule has 0 spiro atoms. The van der Waals surface area contributed by atoms with Gasteiger partial charge in [-0.2, -0.15) is 0 Å². The van der Waals surface area contributed by atoms with Gasteiger partial charge in [-0.3, -0.25) is 4.57 Å². The first-order chi connectivity index (χ1) is 15.2. The Kier molecular flexibility index (Phi) is 5.41. The van der Waals surface area contributed by atoms with Crippen LogP contribution in [-0.2, 0) is 11.2 Å². The number of allylic oxidation sites excluding steroid dienone is 1. The maximum absolute atomic E-state index is 10.4. The van der Waals surface area contributed by atoms with Crippen molar-refractivity contribution in [3.8, 4) is 0 Å². The average molecular weight is 423 g/mol. The molecular weight excluding hydrogens is 398 g/mol. The van der Waals surface area contributed by atoms with E-state index >= 15 is 0 Å². The molecule has 9 nitrogen and oxygen atoms in total. The SMILES string of the molecule is OC[C@H]1OC(n2cnc3c(NCC4=CCCCc5ccccc54)ncnc32)[C@H](O)[C@@H]1O. The van der Waals surface area contributed by atoms with E-state index in [0.29, 0.717) is 23.5 Å². The fourth-order valence-corrected chi connectivity index (χ4v) is 4.35. The number of hydrogen-bond donors (Lipinski definition) is 4. The van der Waals surface area contributed by atoms with Crippen LogP contribution in [0.3, 0.4) is 0 Å². The Balaban J connectivity index is 1.41. The number of aryl methyl sites for hydroxylation is 1. The molecular formula is C22H25N5O4. The molecule has 0 bridgehead atoms. The minimum Gasteiger partial charge on any atom is -0.394 e. The molecule has 0 radical (unpaired) electrons. The fraction of sp³-hybridized carbons (Fsp3) is 0.409. The van der Waals surface area contributed by atoms with Crippen molar-refractivity contribution < 1.29 is 20.1 Å². The lowest BCUT2D eigenvalue weighted by Crippen LogP contribution is -2.33. The summed E-state index contributed by atoms with van der Waals surface area (Å²) in [7, 11) is 0. The van der Waals surface area contributed by atoms with Gasteiger partial charge in [0.25, 0.3) is 0 Å². The van der Waals surface area contributed by atoms with E-state index in [1.54, 1.807) is 4.57 Å². The van der Waals surface area contributed by atoms with Crippen LogP contribution in [0.5, 0.6) is 0 Å². The predicted molar refractivity (Wildman–Crippen MR) is 114 cm³/mol. The maximum atomic E-state index is 10.4. The lowest BCUT2D eigenvalue weighted by atomic mass is 9.99. The second-order valence-corrected chi connectivity index (χ2v) is 7.91. The molecule has 3 aromatic rings. The largest absolute Gasteiger partial charge is 0.394 e. The Bertz CT molecular complexity index is 1110. The van der Waals surface area contributed by atoms with Gasteiger partial charge in [-0.1, -0.05) is 30.3 Å². The van der Waals surface area contributed by atoms with Crippen LogP contribution in [-0.4, -0.2) is 66.3 Å². The van der Waals surface area contributed by atoms with Gasteiger partial charge in [0.05, 0.1) is 12.9 Å². The standard InChI is InChI=1S/C22H25N5O4/c28-10-16-18(29)19(30)22(31-16)27-12-26-17-20(24-11-25-21(17)27)23-9-14-7-2-1-5-13-6-3-4-8-15(13)14/h3-4,6-8,11-12,16,18-19,22,28-30H,1-2,5,9-10H2,(H,23,24,25)/t16-,18-,19-,22?/m1/s1. The molecule has 1 aromatic carbocycles. The van der Waals surface area contributed by atoms with Crippen LogP contribution >= 0.6 is 0 Å². The molecule has 162 valence electrons. The lowest BCUT2D eigenvalue weighted by Gasteiger charge is -2.16. The Labute approximate surface area is 179 Å². The van der Waals surface area contributed by atoms with Crippen molar-refractivity contribution in [3.63, 3.8) is 0 Å². The molecule has 1 fully saturated rings. The molecule has 1 aliphatic heterocycles. The first-order valence-electron chi connectivity index (χ1n) is 10.5. The molecule has 4 N–H and O–H groups in total. The molecule has 5 rings (SSSR count). The van der Waals surface area contributed by atoms with Crippen molar-refractivity contribution in [2.45, 2.75) is 43.8 Å². The van der Waals surface area contributed by atoms with Gasteiger partial charge >= 0.3 is 0 Å². The molecule has 31 heavy (non-hydrogen) atoms. The topological polar surface area (TPSA) is 126 Å². The number of nitrogens with zero attached hydrogens (tertiary/aromatic N) is 4. The fourth-order valence-electron chi connectivity index (χ4n) is 4.35. The second kappa shape index (κ2) is 8.35. The lowest BCUT2D eigenvalue weighted by molar-refractivity contribution is -0.0511. The zero-order valence-corrected chi connectivity index (χ0v) is 16.9. The van der Waals surface area contributed by atoms with Crippen molar-refractivity contribution in [1.29, 1.82) is 0 Å². The second-order valence-electron chi connectivity index (χ2n) is 7.91. The van der Waals surface area contributed by atoms with Crippen molar-refractivity contribution >= 4 is 22.6 Å². The van der Waals surface area contributed by atoms with Gasteiger partial charge < -0.3 is 25.4 Å². The summed E-state index contributed by atoms with van der Waals surface area (Å²) in [4.78, 5) is 13.1. The molecule has 1 unspecified atom stereocenters. The maximum Gasteiger partial charge on any atom is 0.167 e. The molecule has 0 amide bonds. The highest BCUT2D eigenvalue weighted by Crippen LogP contribution is 2.32. The zero-order chi connectivity index (χ0) is 21.4. The van der Waals surface area contributed by atoms with Crippen LogP contribution in [0.1, 0.15) is 30.2 Å². The van der Waals surface area contributed by atoms with E-state index in [1.807, 2.05) is 0 Å². The number of rotatable bonds is 5. The number of aromatic nitrogens is 4. The van der Waals surface area contributed by atoms with Gasteiger partial charge in [0.2, 0.25) is 0 Å². The zero-order valence-electron chi connectivity index (χ0n) is 16.9. The summed E-state index contributed by atoms with van der Waals surface area (Å²) < 4.78 is 7.18. The van der Waals surface area contributed by atoms with Gasteiger partial charge in [-0.25, -0.2) is 15.0 Å². The number of ether oxygens (including phenoxy) is 1. The summed E-state index contributed by atoms with van der Waals surface area (Å²) in [6, 6.07) is 8.47. The summed E-state index contributed by atoms with van der Waals surface area (Å²) in [5, 5.41) is 33.1. The number of aliphatic hydroxyl groups is 3. The van der Waals surface area contributed by atoms with E-state index in [1.165, 1.54) is 29.4 Å². The summed E-state index contributed by atoms with van der Waals surface area (Å²) in [6.45, 7) is 0.212. The van der Waals surface area contributed by atoms with Crippen molar-refractivity contribution in [1.82, 2.24) is 19.5 Å². The van der Waals surface area contributed by atoms with Crippen molar-refractivity contribution in [2.75, 3.05) is 18.5 Å². The number of aliphatic hydroxyl groups excluding tert-OH is 3. The predicted octanol–water partition coefficient (Wildman–Crippen LogP) is 1.27. The highest BCUT2D eigenvalue weighted by molar-refractivity contribution is 5.84. The van der Waals surface area contributed by atoms with Crippen molar-refractivity contribution in [2.24, 2.45) is 0 Å². The van der Waals surface area contributed by atoms with Crippen LogP contribution in [0, 0.1) is 0 Å². The highest BCUT2D eigenvalue weighted by Gasteiger charge is 2.44. The molecule has 2 aromatic heterocycles. The van der Waals surface area contributed by atoms with Gasteiger partial charge in [-0.05, 0) is 36.0 Å². The molecule has 9 heteroatoms. The summed E-state index contributed by atoms with van der Waals surface area (Å²) in [6.07, 6.45) is 4.30. The Morgan fingerprint density at radius 3 is 2.84 bits per heavy atom. The van der Waals surface area contributed by atoms with E-state index in [-0.39, 0.29) is 6.61 Å². The normalized spacial score (nSPS) is 25.8. The molecule has 0 saturated carbocycles.